The average Bonchev–Trinajstić information content (AvgIpc) is 2.72. The van der Waals surface area contributed by atoms with Gasteiger partial charge in [-0.3, -0.25) is 19.8 Å². The number of amides is 1. The highest BCUT2D eigenvalue weighted by Gasteiger charge is 2.25. The number of nitrogens with zero attached hydrogens (tertiary/aromatic N) is 3. The number of carbonyl (C=O) groups is 1. The van der Waals surface area contributed by atoms with Crippen molar-refractivity contribution in [1.82, 2.24) is 10.2 Å². The van der Waals surface area contributed by atoms with Gasteiger partial charge in [0.15, 0.2) is 0 Å². The number of anilines is 1. The van der Waals surface area contributed by atoms with Gasteiger partial charge in [-0.2, -0.15) is 0 Å². The highest BCUT2D eigenvalue weighted by Crippen LogP contribution is 2.31. The van der Waals surface area contributed by atoms with Crippen LogP contribution in [0, 0.1) is 16.0 Å². The lowest BCUT2D eigenvalue weighted by atomic mass is 10.1. The first-order valence-electron chi connectivity index (χ1n) is 10.6. The van der Waals surface area contributed by atoms with Crippen LogP contribution in [0.2, 0.25) is 0 Å². The number of ether oxygens (including phenoxy) is 1. The number of nitro groups is 1. The fourth-order valence-corrected chi connectivity index (χ4v) is 4.11. The Balaban J connectivity index is 1.61. The van der Waals surface area contributed by atoms with Crippen LogP contribution in [0.4, 0.5) is 11.4 Å². The van der Waals surface area contributed by atoms with Crippen molar-refractivity contribution < 1.29 is 14.5 Å². The van der Waals surface area contributed by atoms with Crippen LogP contribution in [0.3, 0.4) is 0 Å². The first-order valence-corrected chi connectivity index (χ1v) is 10.6. The van der Waals surface area contributed by atoms with Crippen molar-refractivity contribution in [1.29, 1.82) is 0 Å². The smallest absolute Gasteiger partial charge is 0.293 e. The summed E-state index contributed by atoms with van der Waals surface area (Å²) in [5.41, 5.74) is 0.912. The lowest BCUT2D eigenvalue weighted by molar-refractivity contribution is -0.384. The number of morpholine rings is 1. The molecule has 0 unspecified atom stereocenters. The zero-order valence-electron chi connectivity index (χ0n) is 17.4. The summed E-state index contributed by atoms with van der Waals surface area (Å²) in [5.74, 6) is 0.283. The lowest BCUT2D eigenvalue weighted by Gasteiger charge is -2.34. The third-order valence-corrected chi connectivity index (χ3v) is 5.47. The molecule has 2 aliphatic rings. The van der Waals surface area contributed by atoms with Crippen molar-refractivity contribution in [2.75, 3.05) is 50.8 Å². The van der Waals surface area contributed by atoms with Gasteiger partial charge in [-0.05, 0) is 37.3 Å². The molecule has 29 heavy (non-hydrogen) atoms. The maximum Gasteiger partial charge on any atom is 0.293 e. The summed E-state index contributed by atoms with van der Waals surface area (Å²) in [6.45, 7) is 9.77. The molecule has 2 saturated heterocycles. The van der Waals surface area contributed by atoms with E-state index in [0.717, 1.165) is 52.0 Å². The van der Waals surface area contributed by atoms with Crippen molar-refractivity contribution in [3.63, 3.8) is 0 Å². The summed E-state index contributed by atoms with van der Waals surface area (Å²) in [6, 6.07) is 4.78. The van der Waals surface area contributed by atoms with E-state index < -0.39 is 4.92 Å². The summed E-state index contributed by atoms with van der Waals surface area (Å²) in [7, 11) is 0. The van der Waals surface area contributed by atoms with E-state index in [2.05, 4.69) is 24.1 Å². The van der Waals surface area contributed by atoms with Crippen LogP contribution >= 0.6 is 0 Å². The van der Waals surface area contributed by atoms with E-state index in [1.165, 1.54) is 6.07 Å². The molecule has 1 atom stereocenters. The Hall–Kier alpha value is -2.19. The van der Waals surface area contributed by atoms with Crippen LogP contribution in [-0.4, -0.2) is 67.7 Å². The molecule has 0 aliphatic carbocycles. The molecule has 3 rings (SSSR count). The first-order chi connectivity index (χ1) is 13.9. The Morgan fingerprint density at radius 3 is 2.72 bits per heavy atom. The number of nitrogens with one attached hydrogen (secondary N) is 1. The van der Waals surface area contributed by atoms with Gasteiger partial charge in [-0.1, -0.05) is 13.8 Å². The van der Waals surface area contributed by atoms with E-state index in [4.69, 9.17) is 4.74 Å². The van der Waals surface area contributed by atoms with Crippen LogP contribution in [0.25, 0.3) is 0 Å². The topological polar surface area (TPSA) is 88.0 Å². The Bertz CT molecular complexity index is 719. The highest BCUT2D eigenvalue weighted by molar-refractivity contribution is 5.95. The zero-order chi connectivity index (χ0) is 20.8. The van der Waals surface area contributed by atoms with Gasteiger partial charge in [0.1, 0.15) is 5.69 Å². The van der Waals surface area contributed by atoms with Gasteiger partial charge in [-0.15, -0.1) is 0 Å². The van der Waals surface area contributed by atoms with Gasteiger partial charge in [0.2, 0.25) is 0 Å². The second-order valence-electron chi connectivity index (χ2n) is 8.36. The van der Waals surface area contributed by atoms with Crippen LogP contribution in [0.15, 0.2) is 18.2 Å². The highest BCUT2D eigenvalue weighted by atomic mass is 16.6. The normalized spacial score (nSPS) is 20.7. The van der Waals surface area contributed by atoms with Crippen LogP contribution in [0.5, 0.6) is 0 Å². The molecule has 8 nitrogen and oxygen atoms in total. The molecule has 0 spiro atoms. The number of nitro benzene ring substituents is 1. The van der Waals surface area contributed by atoms with Crippen molar-refractivity contribution in [2.24, 2.45) is 5.92 Å². The molecule has 0 bridgehead atoms. The molecule has 0 saturated carbocycles. The summed E-state index contributed by atoms with van der Waals surface area (Å²) >= 11 is 0. The third-order valence-electron chi connectivity index (χ3n) is 5.47. The molecule has 1 aromatic rings. The number of benzene rings is 1. The Morgan fingerprint density at radius 1 is 1.28 bits per heavy atom. The number of piperidine rings is 1. The van der Waals surface area contributed by atoms with Gasteiger partial charge in [0.05, 0.1) is 17.6 Å². The molecular formula is C21H32N4O4. The second kappa shape index (κ2) is 10.0. The minimum absolute atomic E-state index is 0.00317. The SMILES string of the molecule is CC(C)CN1CCO[C@@H](CNC(=O)c2ccc(N3CCCCC3)c([N+](=O)[O-])c2)C1. The minimum Gasteiger partial charge on any atom is -0.374 e. The maximum absolute atomic E-state index is 12.6. The zero-order valence-corrected chi connectivity index (χ0v) is 17.4. The maximum atomic E-state index is 12.6. The molecule has 8 heteroatoms. The van der Waals surface area contributed by atoms with E-state index in [1.807, 2.05) is 4.90 Å². The number of carbonyl (C=O) groups excluding carboxylic acids is 1. The van der Waals surface area contributed by atoms with Crippen LogP contribution in [0.1, 0.15) is 43.5 Å². The van der Waals surface area contributed by atoms with Gasteiger partial charge < -0.3 is 15.0 Å². The number of hydrogen-bond donors (Lipinski definition) is 1. The van der Waals surface area contributed by atoms with Gasteiger partial charge in [0, 0.05) is 50.9 Å². The summed E-state index contributed by atoms with van der Waals surface area (Å²) in [5, 5.41) is 14.5. The molecule has 160 valence electrons. The van der Waals surface area contributed by atoms with Crippen molar-refractivity contribution in [3.05, 3.63) is 33.9 Å². The fraction of sp³-hybridized carbons (Fsp3) is 0.667. The standard InChI is InChI=1S/C21H32N4O4/c1-16(2)14-23-10-11-29-18(15-23)13-22-21(26)17-6-7-19(20(12-17)25(27)28)24-8-4-3-5-9-24/h6-7,12,16,18H,3-5,8-11,13-15H2,1-2H3,(H,22,26)/t18-/m0/s1. The van der Waals surface area contributed by atoms with E-state index in [0.29, 0.717) is 30.3 Å². The second-order valence-corrected chi connectivity index (χ2v) is 8.36. The molecule has 2 fully saturated rings. The van der Waals surface area contributed by atoms with Gasteiger partial charge in [-0.25, -0.2) is 0 Å². The Labute approximate surface area is 172 Å². The Kier molecular flexibility index (Phi) is 7.44. The summed E-state index contributed by atoms with van der Waals surface area (Å²) in [6.07, 6.45) is 3.17. The fourth-order valence-electron chi connectivity index (χ4n) is 4.11. The van der Waals surface area contributed by atoms with Crippen molar-refractivity contribution in [2.45, 2.75) is 39.2 Å². The van der Waals surface area contributed by atoms with E-state index in [9.17, 15) is 14.9 Å². The minimum atomic E-state index is -0.394. The molecule has 2 aliphatic heterocycles. The van der Waals surface area contributed by atoms with Gasteiger partial charge >= 0.3 is 0 Å². The van der Waals surface area contributed by atoms with E-state index >= 15 is 0 Å². The monoisotopic (exact) mass is 404 g/mol. The third kappa shape index (κ3) is 5.90. The predicted molar refractivity (Wildman–Crippen MR) is 113 cm³/mol. The number of rotatable bonds is 7. The lowest BCUT2D eigenvalue weighted by Crippen LogP contribution is -2.48. The molecular weight excluding hydrogens is 372 g/mol. The van der Waals surface area contributed by atoms with Crippen molar-refractivity contribution >= 4 is 17.3 Å². The molecule has 1 aromatic carbocycles. The summed E-state index contributed by atoms with van der Waals surface area (Å²) in [4.78, 5) is 28.2. The quantitative estimate of drug-likeness (QED) is 0.555. The van der Waals surface area contributed by atoms with Crippen molar-refractivity contribution in [3.8, 4) is 0 Å². The molecule has 0 radical (unpaired) electrons. The molecule has 1 N–H and O–H groups in total. The van der Waals surface area contributed by atoms with E-state index in [-0.39, 0.29) is 17.7 Å². The Morgan fingerprint density at radius 2 is 2.03 bits per heavy atom. The van der Waals surface area contributed by atoms with E-state index in [1.54, 1.807) is 12.1 Å². The first kappa shape index (κ1) is 21.5. The van der Waals surface area contributed by atoms with Crippen LogP contribution in [-0.2, 0) is 4.74 Å². The molecule has 2 heterocycles. The molecule has 1 amide bonds. The average molecular weight is 405 g/mol. The summed E-state index contributed by atoms with van der Waals surface area (Å²) < 4.78 is 5.77. The largest absolute Gasteiger partial charge is 0.374 e. The van der Waals surface area contributed by atoms with Crippen LogP contribution < -0.4 is 10.2 Å². The van der Waals surface area contributed by atoms with Gasteiger partial charge in [0.25, 0.3) is 11.6 Å². The predicted octanol–water partition coefficient (Wildman–Crippen LogP) is 2.67. The number of hydrogen-bond acceptors (Lipinski definition) is 6. The molecule has 0 aromatic heterocycles.